The van der Waals surface area contributed by atoms with E-state index in [0.29, 0.717) is 22.5 Å². The number of fused-ring (bicyclic) bond motifs is 1. The van der Waals surface area contributed by atoms with Gasteiger partial charge in [0.2, 0.25) is 0 Å². The molecule has 1 heterocycles. The molecule has 0 atom stereocenters. The number of aromatic nitrogens is 1. The van der Waals surface area contributed by atoms with Gasteiger partial charge in [0.15, 0.2) is 0 Å². The van der Waals surface area contributed by atoms with E-state index in [9.17, 15) is 9.59 Å². The van der Waals surface area contributed by atoms with E-state index in [1.54, 1.807) is 24.3 Å². The Morgan fingerprint density at radius 3 is 2.38 bits per heavy atom. The van der Waals surface area contributed by atoms with Crippen molar-refractivity contribution in [2.75, 3.05) is 5.32 Å². The summed E-state index contributed by atoms with van der Waals surface area (Å²) in [6.07, 6.45) is 4.47. The monoisotopic (exact) mass is 387 g/mol. The predicted octanol–water partition coefficient (Wildman–Crippen LogP) is 4.78. The number of hydrogen-bond acceptors (Lipinski definition) is 3. The number of carbonyl (C=O) groups is 2. The first-order valence-corrected chi connectivity index (χ1v) is 10.1. The molecule has 5 nitrogen and oxygen atoms in total. The second-order valence-electron chi connectivity index (χ2n) is 7.80. The first-order valence-electron chi connectivity index (χ1n) is 10.1. The van der Waals surface area contributed by atoms with Crippen LogP contribution < -0.4 is 10.6 Å². The predicted molar refractivity (Wildman–Crippen MR) is 115 cm³/mol. The lowest BCUT2D eigenvalue weighted by atomic mass is 10.1. The molecule has 29 heavy (non-hydrogen) atoms. The van der Waals surface area contributed by atoms with Crippen molar-refractivity contribution in [2.45, 2.75) is 45.6 Å². The molecule has 148 valence electrons. The Labute approximate surface area is 170 Å². The minimum atomic E-state index is -0.207. The molecule has 0 unspecified atom stereocenters. The number of nitrogens with zero attached hydrogens (tertiary/aromatic N) is 1. The van der Waals surface area contributed by atoms with Crippen LogP contribution in [0, 0.1) is 13.8 Å². The Kier molecular flexibility index (Phi) is 5.30. The average Bonchev–Trinajstić information content (AvgIpc) is 3.21. The van der Waals surface area contributed by atoms with Gasteiger partial charge in [-0.3, -0.25) is 14.6 Å². The van der Waals surface area contributed by atoms with Crippen molar-refractivity contribution in [1.82, 2.24) is 10.3 Å². The van der Waals surface area contributed by atoms with E-state index in [2.05, 4.69) is 15.6 Å². The molecular formula is C24H25N3O2. The Bertz CT molecular complexity index is 1070. The molecule has 4 rings (SSSR count). The van der Waals surface area contributed by atoms with Gasteiger partial charge in [-0.1, -0.05) is 24.5 Å². The molecule has 2 amide bonds. The van der Waals surface area contributed by atoms with Crippen molar-refractivity contribution in [3.63, 3.8) is 0 Å². The molecule has 2 N–H and O–H groups in total. The molecule has 2 aromatic carbocycles. The molecule has 0 saturated heterocycles. The molecule has 3 aromatic rings. The zero-order valence-corrected chi connectivity index (χ0v) is 16.8. The second kappa shape index (κ2) is 8.03. The number of rotatable bonds is 4. The summed E-state index contributed by atoms with van der Waals surface area (Å²) in [6.45, 7) is 3.86. The van der Waals surface area contributed by atoms with Gasteiger partial charge in [0.05, 0.1) is 16.8 Å². The standard InChI is InChI=1S/C24H25N3O2/c1-15-7-12-22-18(13-15)14-21(16(2)25-22)24(29)27-20-10-8-17(9-11-20)23(28)26-19-5-3-4-6-19/h7-14,19H,3-6H2,1-2H3,(H,26,28)(H,27,29). The van der Waals surface area contributed by atoms with Gasteiger partial charge in [-0.2, -0.15) is 0 Å². The van der Waals surface area contributed by atoms with E-state index in [1.807, 2.05) is 38.1 Å². The molecule has 5 heteroatoms. The van der Waals surface area contributed by atoms with Crippen LogP contribution in [-0.2, 0) is 0 Å². The van der Waals surface area contributed by atoms with Crippen LogP contribution >= 0.6 is 0 Å². The summed E-state index contributed by atoms with van der Waals surface area (Å²) in [5.74, 6) is -0.263. The topological polar surface area (TPSA) is 71.1 Å². The minimum Gasteiger partial charge on any atom is -0.349 e. The van der Waals surface area contributed by atoms with Gasteiger partial charge in [-0.25, -0.2) is 0 Å². The zero-order chi connectivity index (χ0) is 20.4. The Hall–Kier alpha value is -3.21. The maximum Gasteiger partial charge on any atom is 0.257 e. The van der Waals surface area contributed by atoms with Gasteiger partial charge in [-0.15, -0.1) is 0 Å². The first-order chi connectivity index (χ1) is 14.0. The van der Waals surface area contributed by atoms with Crippen molar-refractivity contribution < 1.29 is 9.59 Å². The van der Waals surface area contributed by atoms with E-state index in [0.717, 1.165) is 29.3 Å². The molecule has 0 bridgehead atoms. The Morgan fingerprint density at radius 2 is 1.66 bits per heavy atom. The summed E-state index contributed by atoms with van der Waals surface area (Å²) in [6, 6.07) is 15.2. The molecule has 1 aliphatic rings. The molecule has 1 saturated carbocycles. The largest absolute Gasteiger partial charge is 0.349 e. The van der Waals surface area contributed by atoms with Crippen molar-refractivity contribution in [3.05, 3.63) is 70.9 Å². The van der Waals surface area contributed by atoms with Crippen LogP contribution in [0.15, 0.2) is 48.5 Å². The molecule has 0 spiro atoms. The summed E-state index contributed by atoms with van der Waals surface area (Å²) in [5.41, 5.74) is 4.49. The summed E-state index contributed by atoms with van der Waals surface area (Å²) < 4.78 is 0. The SMILES string of the molecule is Cc1ccc2nc(C)c(C(=O)Nc3ccc(C(=O)NC4CCCC4)cc3)cc2c1. The minimum absolute atomic E-state index is 0.0558. The third-order valence-electron chi connectivity index (χ3n) is 5.50. The van der Waals surface area contributed by atoms with Crippen LogP contribution in [0.3, 0.4) is 0 Å². The molecule has 0 aliphatic heterocycles. The Balaban J connectivity index is 1.47. The number of pyridine rings is 1. The molecular weight excluding hydrogens is 362 g/mol. The van der Waals surface area contributed by atoms with Gasteiger partial charge >= 0.3 is 0 Å². The van der Waals surface area contributed by atoms with Gasteiger partial charge in [0.1, 0.15) is 0 Å². The van der Waals surface area contributed by atoms with E-state index in [4.69, 9.17) is 0 Å². The van der Waals surface area contributed by atoms with Crippen LogP contribution in [0.25, 0.3) is 10.9 Å². The fraction of sp³-hybridized carbons (Fsp3) is 0.292. The lowest BCUT2D eigenvalue weighted by molar-refractivity contribution is 0.0937. The average molecular weight is 387 g/mol. The van der Waals surface area contributed by atoms with Crippen molar-refractivity contribution in [1.29, 1.82) is 0 Å². The molecule has 1 aliphatic carbocycles. The zero-order valence-electron chi connectivity index (χ0n) is 16.8. The van der Waals surface area contributed by atoms with Gasteiger partial charge in [-0.05, 0) is 69.2 Å². The van der Waals surface area contributed by atoms with E-state index < -0.39 is 0 Å². The number of nitrogens with one attached hydrogen (secondary N) is 2. The molecule has 1 aromatic heterocycles. The third kappa shape index (κ3) is 4.29. The van der Waals surface area contributed by atoms with Crippen LogP contribution in [0.1, 0.15) is 57.7 Å². The van der Waals surface area contributed by atoms with Crippen molar-refractivity contribution >= 4 is 28.4 Å². The highest BCUT2D eigenvalue weighted by Gasteiger charge is 2.18. The number of anilines is 1. The third-order valence-corrected chi connectivity index (χ3v) is 5.50. The summed E-state index contributed by atoms with van der Waals surface area (Å²) in [4.78, 5) is 29.7. The van der Waals surface area contributed by atoms with E-state index in [-0.39, 0.29) is 17.9 Å². The van der Waals surface area contributed by atoms with Crippen molar-refractivity contribution in [3.8, 4) is 0 Å². The number of amides is 2. The first kappa shape index (κ1) is 19.1. The van der Waals surface area contributed by atoms with Crippen LogP contribution in [0.2, 0.25) is 0 Å². The number of aryl methyl sites for hydroxylation is 2. The lowest BCUT2D eigenvalue weighted by Gasteiger charge is -2.12. The number of benzene rings is 2. The highest BCUT2D eigenvalue weighted by atomic mass is 16.2. The van der Waals surface area contributed by atoms with Gasteiger partial charge < -0.3 is 10.6 Å². The fourth-order valence-electron chi connectivity index (χ4n) is 3.86. The lowest BCUT2D eigenvalue weighted by Crippen LogP contribution is -2.32. The maximum absolute atomic E-state index is 12.8. The molecule has 1 fully saturated rings. The van der Waals surface area contributed by atoms with Gasteiger partial charge in [0, 0.05) is 22.7 Å². The fourth-order valence-corrected chi connectivity index (χ4v) is 3.86. The van der Waals surface area contributed by atoms with Crippen LogP contribution in [-0.4, -0.2) is 22.8 Å². The molecule has 0 radical (unpaired) electrons. The van der Waals surface area contributed by atoms with Gasteiger partial charge in [0.25, 0.3) is 11.8 Å². The number of carbonyl (C=O) groups excluding carboxylic acids is 2. The summed E-state index contributed by atoms with van der Waals surface area (Å²) in [7, 11) is 0. The quantitative estimate of drug-likeness (QED) is 0.677. The van der Waals surface area contributed by atoms with Crippen molar-refractivity contribution in [2.24, 2.45) is 0 Å². The van der Waals surface area contributed by atoms with Crippen LogP contribution in [0.5, 0.6) is 0 Å². The maximum atomic E-state index is 12.8. The summed E-state index contributed by atoms with van der Waals surface area (Å²) >= 11 is 0. The van der Waals surface area contributed by atoms with Crippen LogP contribution in [0.4, 0.5) is 5.69 Å². The number of hydrogen-bond donors (Lipinski definition) is 2. The highest BCUT2D eigenvalue weighted by molar-refractivity contribution is 6.07. The van der Waals surface area contributed by atoms with E-state index >= 15 is 0 Å². The van der Waals surface area contributed by atoms with E-state index in [1.165, 1.54) is 12.8 Å². The summed E-state index contributed by atoms with van der Waals surface area (Å²) in [5, 5.41) is 6.93. The highest BCUT2D eigenvalue weighted by Crippen LogP contribution is 2.21. The Morgan fingerprint density at radius 1 is 0.931 bits per heavy atom. The normalized spacial score (nSPS) is 14.1. The smallest absolute Gasteiger partial charge is 0.257 e. The second-order valence-corrected chi connectivity index (χ2v) is 7.80.